The van der Waals surface area contributed by atoms with Gasteiger partial charge >= 0.3 is 0 Å². The Morgan fingerprint density at radius 1 is 1.50 bits per heavy atom. The number of aliphatic hydroxyl groups is 1. The normalized spacial score (nSPS) is 32.0. The molecule has 1 fully saturated rings. The highest BCUT2D eigenvalue weighted by atomic mass is 32.2. The maximum Gasteiger partial charge on any atom is 0.147 e. The van der Waals surface area contributed by atoms with E-state index in [1.807, 2.05) is 13.8 Å². The minimum absolute atomic E-state index is 0.0558. The first-order valence-corrected chi connectivity index (χ1v) is 6.78. The fourth-order valence-corrected chi connectivity index (χ4v) is 2.40. The van der Waals surface area contributed by atoms with Gasteiger partial charge in [0.15, 0.2) is 0 Å². The Balaban J connectivity index is 2.49. The Morgan fingerprint density at radius 3 is 2.43 bits per heavy atom. The van der Waals surface area contributed by atoms with Gasteiger partial charge in [0.2, 0.25) is 0 Å². The van der Waals surface area contributed by atoms with Crippen LogP contribution in [0.25, 0.3) is 0 Å². The molecule has 1 saturated heterocycles. The molecule has 1 rings (SSSR count). The van der Waals surface area contributed by atoms with E-state index >= 15 is 0 Å². The van der Waals surface area contributed by atoms with Gasteiger partial charge in [-0.25, -0.2) is 8.42 Å². The van der Waals surface area contributed by atoms with Gasteiger partial charge in [-0.05, 0) is 20.3 Å². The van der Waals surface area contributed by atoms with Gasteiger partial charge in [-0.2, -0.15) is 0 Å². The van der Waals surface area contributed by atoms with Crippen LogP contribution in [0.5, 0.6) is 0 Å². The Kier molecular flexibility index (Phi) is 3.23. The van der Waals surface area contributed by atoms with Crippen molar-refractivity contribution in [3.63, 3.8) is 0 Å². The van der Waals surface area contributed by atoms with E-state index in [0.29, 0.717) is 13.0 Å². The molecule has 0 aromatic heterocycles. The van der Waals surface area contributed by atoms with Crippen LogP contribution in [-0.2, 0) is 14.6 Å². The van der Waals surface area contributed by atoms with E-state index in [-0.39, 0.29) is 11.7 Å². The van der Waals surface area contributed by atoms with Crippen molar-refractivity contribution in [3.05, 3.63) is 0 Å². The molecule has 5 heteroatoms. The van der Waals surface area contributed by atoms with Crippen LogP contribution in [0.2, 0.25) is 0 Å². The van der Waals surface area contributed by atoms with Gasteiger partial charge in [0.25, 0.3) is 0 Å². The minimum Gasteiger partial charge on any atom is -0.390 e. The molecule has 2 atom stereocenters. The molecule has 14 heavy (non-hydrogen) atoms. The van der Waals surface area contributed by atoms with Crippen molar-refractivity contribution >= 4 is 9.84 Å². The summed E-state index contributed by atoms with van der Waals surface area (Å²) in [5.74, 6) is 0.0634. The van der Waals surface area contributed by atoms with Crippen molar-refractivity contribution in [2.75, 3.05) is 18.6 Å². The summed E-state index contributed by atoms with van der Waals surface area (Å²) in [6, 6.07) is 0. The molecule has 1 aliphatic rings. The fraction of sp³-hybridized carbons (Fsp3) is 1.00. The standard InChI is InChI=1S/C9H18O4S/c1-9(2)8(10)7(6-13-9)4-5-14(3,11)12/h7-8,10H,4-6H2,1-3H3. The zero-order valence-electron chi connectivity index (χ0n) is 8.86. The van der Waals surface area contributed by atoms with Crippen LogP contribution in [-0.4, -0.2) is 43.8 Å². The largest absolute Gasteiger partial charge is 0.390 e. The van der Waals surface area contributed by atoms with Gasteiger partial charge in [-0.3, -0.25) is 0 Å². The molecule has 0 spiro atoms. The van der Waals surface area contributed by atoms with Crippen molar-refractivity contribution in [1.29, 1.82) is 0 Å². The number of rotatable bonds is 3. The SMILES string of the molecule is CC1(C)OCC(CCS(C)(=O)=O)C1O. The third kappa shape index (κ3) is 2.93. The fourth-order valence-electron chi connectivity index (χ4n) is 1.67. The lowest BCUT2D eigenvalue weighted by Crippen LogP contribution is -2.35. The van der Waals surface area contributed by atoms with Crippen molar-refractivity contribution in [3.8, 4) is 0 Å². The summed E-state index contributed by atoms with van der Waals surface area (Å²) >= 11 is 0. The summed E-state index contributed by atoms with van der Waals surface area (Å²) in [7, 11) is -2.94. The molecule has 1 N–H and O–H groups in total. The number of ether oxygens (including phenoxy) is 1. The number of sulfone groups is 1. The average molecular weight is 222 g/mol. The maximum atomic E-state index is 10.9. The Bertz CT molecular complexity index is 294. The van der Waals surface area contributed by atoms with Gasteiger partial charge < -0.3 is 9.84 Å². The van der Waals surface area contributed by atoms with Crippen LogP contribution >= 0.6 is 0 Å². The first kappa shape index (κ1) is 11.9. The van der Waals surface area contributed by atoms with Gasteiger partial charge in [-0.1, -0.05) is 0 Å². The summed E-state index contributed by atoms with van der Waals surface area (Å²) in [5.41, 5.74) is -0.540. The molecule has 0 bridgehead atoms. The second kappa shape index (κ2) is 3.79. The van der Waals surface area contributed by atoms with Gasteiger partial charge in [0.05, 0.1) is 24.1 Å². The Labute approximate surface area is 85.2 Å². The van der Waals surface area contributed by atoms with Gasteiger partial charge in [-0.15, -0.1) is 0 Å². The summed E-state index contributed by atoms with van der Waals surface area (Å²) in [5, 5.41) is 9.79. The van der Waals surface area contributed by atoms with Crippen LogP contribution in [0.1, 0.15) is 20.3 Å². The van der Waals surface area contributed by atoms with Crippen LogP contribution in [0.3, 0.4) is 0 Å². The van der Waals surface area contributed by atoms with E-state index in [0.717, 1.165) is 0 Å². The predicted molar refractivity (Wildman–Crippen MR) is 53.9 cm³/mol. The first-order chi connectivity index (χ1) is 6.22. The van der Waals surface area contributed by atoms with Gasteiger partial charge in [0.1, 0.15) is 9.84 Å². The van der Waals surface area contributed by atoms with E-state index in [4.69, 9.17) is 4.74 Å². The molecule has 2 unspecified atom stereocenters. The molecule has 0 aromatic carbocycles. The second-order valence-electron chi connectivity index (χ2n) is 4.54. The van der Waals surface area contributed by atoms with Gasteiger partial charge in [0, 0.05) is 12.2 Å². The van der Waals surface area contributed by atoms with E-state index < -0.39 is 21.5 Å². The summed E-state index contributed by atoms with van der Waals surface area (Å²) in [4.78, 5) is 0. The topological polar surface area (TPSA) is 63.6 Å². The average Bonchev–Trinajstić information content (AvgIpc) is 2.24. The third-order valence-electron chi connectivity index (χ3n) is 2.69. The highest BCUT2D eigenvalue weighted by molar-refractivity contribution is 7.90. The lowest BCUT2D eigenvalue weighted by atomic mass is 9.92. The highest BCUT2D eigenvalue weighted by Gasteiger charge is 2.41. The third-order valence-corrected chi connectivity index (χ3v) is 3.66. The van der Waals surface area contributed by atoms with E-state index in [9.17, 15) is 13.5 Å². The van der Waals surface area contributed by atoms with Crippen LogP contribution in [0.4, 0.5) is 0 Å². The maximum absolute atomic E-state index is 10.9. The molecule has 1 heterocycles. The molecule has 0 aliphatic carbocycles. The minimum atomic E-state index is -2.94. The second-order valence-corrected chi connectivity index (χ2v) is 6.80. The smallest absolute Gasteiger partial charge is 0.147 e. The molecule has 0 amide bonds. The molecular formula is C9H18O4S. The molecule has 4 nitrogen and oxygen atoms in total. The van der Waals surface area contributed by atoms with E-state index in [2.05, 4.69) is 0 Å². The molecular weight excluding hydrogens is 204 g/mol. The highest BCUT2D eigenvalue weighted by Crippen LogP contribution is 2.31. The van der Waals surface area contributed by atoms with Crippen molar-refractivity contribution in [2.24, 2.45) is 5.92 Å². The van der Waals surface area contributed by atoms with E-state index in [1.165, 1.54) is 6.26 Å². The zero-order valence-corrected chi connectivity index (χ0v) is 9.67. The van der Waals surface area contributed by atoms with Crippen LogP contribution in [0.15, 0.2) is 0 Å². The molecule has 84 valence electrons. The predicted octanol–water partition coefficient (Wildman–Crippen LogP) is 0.207. The lowest BCUT2D eigenvalue weighted by Gasteiger charge is -2.23. The Hall–Kier alpha value is -0.130. The van der Waals surface area contributed by atoms with Crippen LogP contribution < -0.4 is 0 Å². The quantitative estimate of drug-likeness (QED) is 0.741. The number of hydrogen-bond acceptors (Lipinski definition) is 4. The number of hydrogen-bond donors (Lipinski definition) is 1. The first-order valence-electron chi connectivity index (χ1n) is 4.72. The molecule has 1 aliphatic heterocycles. The zero-order chi connectivity index (χ0) is 11.0. The summed E-state index contributed by atoms with van der Waals surface area (Å²) in [6.07, 6.45) is 1.12. The number of aliphatic hydroxyl groups excluding tert-OH is 1. The lowest BCUT2D eigenvalue weighted by molar-refractivity contribution is -0.0312. The molecule has 0 aromatic rings. The van der Waals surface area contributed by atoms with Crippen LogP contribution in [0, 0.1) is 5.92 Å². The molecule has 0 saturated carbocycles. The Morgan fingerprint density at radius 2 is 2.07 bits per heavy atom. The summed E-state index contributed by atoms with van der Waals surface area (Å²) < 4.78 is 27.3. The van der Waals surface area contributed by atoms with E-state index in [1.54, 1.807) is 0 Å². The van der Waals surface area contributed by atoms with Crippen molar-refractivity contribution in [2.45, 2.75) is 32.0 Å². The molecule has 0 radical (unpaired) electrons. The van der Waals surface area contributed by atoms with Crippen molar-refractivity contribution < 1.29 is 18.3 Å². The monoisotopic (exact) mass is 222 g/mol. The van der Waals surface area contributed by atoms with Crippen molar-refractivity contribution in [1.82, 2.24) is 0 Å². The summed E-state index contributed by atoms with van der Waals surface area (Å²) in [6.45, 7) is 4.08.